The highest BCUT2D eigenvalue weighted by Gasteiger charge is 2.15. The lowest BCUT2D eigenvalue weighted by Gasteiger charge is -2.17. The molecule has 2 rings (SSSR count). The molecule has 1 aromatic carbocycles. The zero-order valence-electron chi connectivity index (χ0n) is 11.0. The summed E-state index contributed by atoms with van der Waals surface area (Å²) in [4.78, 5) is 4.29. The van der Waals surface area contributed by atoms with Crippen molar-refractivity contribution in [3.63, 3.8) is 0 Å². The summed E-state index contributed by atoms with van der Waals surface area (Å²) in [6.45, 7) is 0. The molecule has 3 nitrogen and oxygen atoms in total. The molecule has 0 bridgehead atoms. The van der Waals surface area contributed by atoms with Crippen molar-refractivity contribution in [3.8, 4) is 0 Å². The van der Waals surface area contributed by atoms with Crippen LogP contribution in [0.15, 0.2) is 35.1 Å². The number of hydrogen-bond acceptors (Lipinski definition) is 2. The Morgan fingerprint density at radius 2 is 2.26 bits per heavy atom. The van der Waals surface area contributed by atoms with Gasteiger partial charge < -0.3 is 9.88 Å². The third-order valence-electron chi connectivity index (χ3n) is 3.26. The molecule has 0 aliphatic heterocycles. The van der Waals surface area contributed by atoms with Crippen LogP contribution in [0, 0.1) is 5.82 Å². The molecule has 5 heteroatoms. The highest BCUT2D eigenvalue weighted by molar-refractivity contribution is 9.10. The number of aryl methyl sites for hydroxylation is 2. The Morgan fingerprint density at radius 3 is 2.84 bits per heavy atom. The molecule has 19 heavy (non-hydrogen) atoms. The third kappa shape index (κ3) is 3.42. The van der Waals surface area contributed by atoms with Gasteiger partial charge in [0, 0.05) is 41.9 Å². The van der Waals surface area contributed by atoms with Crippen LogP contribution in [-0.4, -0.2) is 16.6 Å². The summed E-state index contributed by atoms with van der Waals surface area (Å²) in [5.41, 5.74) is 0.694. The summed E-state index contributed by atoms with van der Waals surface area (Å²) in [7, 11) is 3.82. The van der Waals surface area contributed by atoms with E-state index >= 15 is 0 Å². The molecule has 0 radical (unpaired) electrons. The molecule has 0 spiro atoms. The van der Waals surface area contributed by atoms with E-state index in [1.165, 1.54) is 6.07 Å². The third-order valence-corrected chi connectivity index (χ3v) is 3.76. The second-order valence-electron chi connectivity index (χ2n) is 4.50. The molecule has 0 saturated carbocycles. The van der Waals surface area contributed by atoms with Crippen LogP contribution in [0.3, 0.4) is 0 Å². The molecule has 1 unspecified atom stereocenters. The van der Waals surface area contributed by atoms with E-state index in [0.717, 1.165) is 23.1 Å². The number of hydrogen-bond donors (Lipinski definition) is 1. The minimum atomic E-state index is -0.187. The summed E-state index contributed by atoms with van der Waals surface area (Å²) in [5.74, 6) is 0.825. The second kappa shape index (κ2) is 6.30. The average Bonchev–Trinajstić information content (AvgIpc) is 2.78. The predicted molar refractivity (Wildman–Crippen MR) is 77.4 cm³/mol. The van der Waals surface area contributed by atoms with Gasteiger partial charge in [0.15, 0.2) is 0 Å². The minimum Gasteiger partial charge on any atom is -0.338 e. The second-order valence-corrected chi connectivity index (χ2v) is 5.42. The number of aromatic nitrogens is 2. The number of halogens is 2. The minimum absolute atomic E-state index is 0.00944. The standard InChI is InChI=1S/C14H17BrFN3/c1-17-13(5-6-14-18-7-8-19(14)2)11-4-3-10(15)9-12(11)16/h3-4,7-9,13,17H,5-6H2,1-2H3. The first kappa shape index (κ1) is 14.2. The molecule has 0 aliphatic rings. The molecular weight excluding hydrogens is 309 g/mol. The van der Waals surface area contributed by atoms with E-state index in [9.17, 15) is 4.39 Å². The van der Waals surface area contributed by atoms with Gasteiger partial charge >= 0.3 is 0 Å². The Hall–Kier alpha value is -1.20. The van der Waals surface area contributed by atoms with E-state index < -0.39 is 0 Å². The fraction of sp³-hybridized carbons (Fsp3) is 0.357. The van der Waals surface area contributed by atoms with Crippen LogP contribution in [0.4, 0.5) is 4.39 Å². The molecule has 1 atom stereocenters. The molecular formula is C14H17BrFN3. The van der Waals surface area contributed by atoms with Crippen LogP contribution in [0.5, 0.6) is 0 Å². The van der Waals surface area contributed by atoms with E-state index in [4.69, 9.17) is 0 Å². The largest absolute Gasteiger partial charge is 0.338 e. The van der Waals surface area contributed by atoms with Crippen molar-refractivity contribution in [1.82, 2.24) is 14.9 Å². The Balaban J connectivity index is 2.10. The van der Waals surface area contributed by atoms with Gasteiger partial charge in [-0.05, 0) is 25.6 Å². The van der Waals surface area contributed by atoms with Crippen molar-refractivity contribution in [3.05, 3.63) is 52.3 Å². The molecule has 0 amide bonds. The number of nitrogens with zero attached hydrogens (tertiary/aromatic N) is 2. The normalized spacial score (nSPS) is 12.6. The van der Waals surface area contributed by atoms with Crippen LogP contribution >= 0.6 is 15.9 Å². The van der Waals surface area contributed by atoms with Crippen LogP contribution in [0.2, 0.25) is 0 Å². The first-order valence-electron chi connectivity index (χ1n) is 6.20. The fourth-order valence-corrected chi connectivity index (χ4v) is 2.48. The van der Waals surface area contributed by atoms with Crippen LogP contribution in [0.1, 0.15) is 23.9 Å². The van der Waals surface area contributed by atoms with Crippen LogP contribution in [0.25, 0.3) is 0 Å². The molecule has 0 saturated heterocycles. The van der Waals surface area contributed by atoms with E-state index in [-0.39, 0.29) is 11.9 Å². The monoisotopic (exact) mass is 325 g/mol. The summed E-state index contributed by atoms with van der Waals surface area (Å²) in [5, 5.41) is 3.17. The summed E-state index contributed by atoms with van der Waals surface area (Å²) in [6, 6.07) is 5.17. The highest BCUT2D eigenvalue weighted by atomic mass is 79.9. The van der Waals surface area contributed by atoms with Gasteiger partial charge in [0.05, 0.1) is 0 Å². The Morgan fingerprint density at radius 1 is 1.47 bits per heavy atom. The smallest absolute Gasteiger partial charge is 0.129 e. The first-order chi connectivity index (χ1) is 9.11. The van der Waals surface area contributed by atoms with E-state index in [1.807, 2.05) is 37.0 Å². The van der Waals surface area contributed by atoms with Gasteiger partial charge in [-0.2, -0.15) is 0 Å². The lowest BCUT2D eigenvalue weighted by molar-refractivity contribution is 0.501. The molecule has 0 aliphatic carbocycles. The van der Waals surface area contributed by atoms with Gasteiger partial charge in [0.2, 0.25) is 0 Å². The predicted octanol–water partition coefficient (Wildman–Crippen LogP) is 3.22. The maximum Gasteiger partial charge on any atom is 0.129 e. The summed E-state index contributed by atoms with van der Waals surface area (Å²) in [6.07, 6.45) is 5.32. The molecule has 102 valence electrons. The van der Waals surface area contributed by atoms with Gasteiger partial charge in [-0.3, -0.25) is 0 Å². The zero-order chi connectivity index (χ0) is 13.8. The van der Waals surface area contributed by atoms with Gasteiger partial charge in [-0.25, -0.2) is 9.37 Å². The average molecular weight is 326 g/mol. The van der Waals surface area contributed by atoms with Crippen molar-refractivity contribution < 1.29 is 4.39 Å². The SMILES string of the molecule is CNC(CCc1nccn1C)c1ccc(Br)cc1F. The lowest BCUT2D eigenvalue weighted by atomic mass is 10.0. The van der Waals surface area contributed by atoms with Gasteiger partial charge in [0.1, 0.15) is 11.6 Å². The fourth-order valence-electron chi connectivity index (χ4n) is 2.15. The van der Waals surface area contributed by atoms with Crippen LogP contribution in [-0.2, 0) is 13.5 Å². The Labute approximate surface area is 121 Å². The van der Waals surface area contributed by atoms with Crippen LogP contribution < -0.4 is 5.32 Å². The zero-order valence-corrected chi connectivity index (χ0v) is 12.6. The molecule has 2 aromatic rings. The topological polar surface area (TPSA) is 29.9 Å². The van der Waals surface area contributed by atoms with Crippen molar-refractivity contribution >= 4 is 15.9 Å². The number of rotatable bonds is 5. The van der Waals surface area contributed by atoms with E-state index in [2.05, 4.69) is 26.2 Å². The maximum atomic E-state index is 13.9. The molecule has 0 fully saturated rings. The molecule has 1 heterocycles. The quantitative estimate of drug-likeness (QED) is 0.914. The number of benzene rings is 1. The Kier molecular flexibility index (Phi) is 4.71. The van der Waals surface area contributed by atoms with Crippen molar-refractivity contribution in [2.75, 3.05) is 7.05 Å². The maximum absolute atomic E-state index is 13.9. The van der Waals surface area contributed by atoms with Crippen molar-refractivity contribution in [1.29, 1.82) is 0 Å². The summed E-state index contributed by atoms with van der Waals surface area (Å²) >= 11 is 3.27. The molecule has 1 aromatic heterocycles. The lowest BCUT2D eigenvalue weighted by Crippen LogP contribution is -2.19. The highest BCUT2D eigenvalue weighted by Crippen LogP contribution is 2.24. The van der Waals surface area contributed by atoms with Crippen molar-refractivity contribution in [2.24, 2.45) is 7.05 Å². The first-order valence-corrected chi connectivity index (χ1v) is 6.99. The number of nitrogens with one attached hydrogen (secondary N) is 1. The van der Waals surface area contributed by atoms with Crippen molar-refractivity contribution in [2.45, 2.75) is 18.9 Å². The summed E-state index contributed by atoms with van der Waals surface area (Å²) < 4.78 is 16.7. The van der Waals surface area contributed by atoms with E-state index in [1.54, 1.807) is 6.20 Å². The van der Waals surface area contributed by atoms with Gasteiger partial charge in [0.25, 0.3) is 0 Å². The number of imidazole rings is 1. The molecule has 1 N–H and O–H groups in total. The van der Waals surface area contributed by atoms with Gasteiger partial charge in [-0.15, -0.1) is 0 Å². The van der Waals surface area contributed by atoms with Gasteiger partial charge in [-0.1, -0.05) is 22.0 Å². The van der Waals surface area contributed by atoms with E-state index in [0.29, 0.717) is 5.56 Å². The Bertz CT molecular complexity index is 553.